The van der Waals surface area contributed by atoms with Crippen LogP contribution in [0.5, 0.6) is 0 Å². The van der Waals surface area contributed by atoms with Crippen LogP contribution in [0.25, 0.3) is 11.2 Å². The number of rotatable bonds is 6. The van der Waals surface area contributed by atoms with Gasteiger partial charge < -0.3 is 11.1 Å². The Morgan fingerprint density at radius 3 is 2.84 bits per heavy atom. The largest absolute Gasteiger partial charge is 0.369 e. The van der Waals surface area contributed by atoms with Gasteiger partial charge in [-0.2, -0.15) is 0 Å². The smallest absolute Gasteiger partial charge is 0.252 e. The minimum absolute atomic E-state index is 0.171. The molecule has 2 heterocycles. The Kier molecular flexibility index (Phi) is 5.45. The summed E-state index contributed by atoms with van der Waals surface area (Å²) in [4.78, 5) is 21.9. The summed E-state index contributed by atoms with van der Waals surface area (Å²) in [5, 5.41) is 3.60. The maximum atomic E-state index is 12.3. The summed E-state index contributed by atoms with van der Waals surface area (Å²) in [5.41, 5.74) is 7.65. The van der Waals surface area contributed by atoms with Crippen LogP contribution in [0, 0.1) is 0 Å². The van der Waals surface area contributed by atoms with Gasteiger partial charge in [0.2, 0.25) is 5.95 Å². The lowest BCUT2D eigenvalue weighted by molar-refractivity contribution is 0.0956. The number of anilines is 1. The van der Waals surface area contributed by atoms with Crippen molar-refractivity contribution in [2.75, 3.05) is 18.0 Å². The molecule has 1 amide bonds. The molecule has 0 aliphatic rings. The van der Waals surface area contributed by atoms with Crippen molar-refractivity contribution in [1.29, 1.82) is 0 Å². The number of aromatic nitrogens is 3. The molecule has 25 heavy (non-hydrogen) atoms. The Hall–Kier alpha value is -2.25. The second-order valence-electron chi connectivity index (χ2n) is 5.34. The quantitative estimate of drug-likeness (QED) is 0.510. The van der Waals surface area contributed by atoms with Gasteiger partial charge in [0, 0.05) is 35.0 Å². The van der Waals surface area contributed by atoms with E-state index in [1.54, 1.807) is 28.6 Å². The van der Waals surface area contributed by atoms with Crippen molar-refractivity contribution in [1.82, 2.24) is 19.9 Å². The first-order valence-electron chi connectivity index (χ1n) is 7.87. The molecular formula is C17H18ClN5OS. The van der Waals surface area contributed by atoms with Gasteiger partial charge in [-0.05, 0) is 37.3 Å². The Morgan fingerprint density at radius 2 is 2.12 bits per heavy atom. The highest BCUT2D eigenvalue weighted by molar-refractivity contribution is 7.99. The average molecular weight is 376 g/mol. The van der Waals surface area contributed by atoms with Gasteiger partial charge in [-0.1, -0.05) is 11.6 Å². The number of fused-ring (bicyclic) bond motifs is 1. The summed E-state index contributed by atoms with van der Waals surface area (Å²) in [5.74, 6) is 0.998. The number of halogens is 1. The van der Waals surface area contributed by atoms with Crippen LogP contribution in [0.2, 0.25) is 5.02 Å². The second kappa shape index (κ2) is 7.76. The normalized spacial score (nSPS) is 11.0. The number of hydrogen-bond acceptors (Lipinski definition) is 5. The first-order valence-corrected chi connectivity index (χ1v) is 9.23. The maximum Gasteiger partial charge on any atom is 0.252 e. The molecule has 3 rings (SSSR count). The highest BCUT2D eigenvalue weighted by Crippen LogP contribution is 2.20. The predicted molar refractivity (Wildman–Crippen MR) is 102 cm³/mol. The van der Waals surface area contributed by atoms with Crippen LogP contribution < -0.4 is 11.1 Å². The first kappa shape index (κ1) is 17.6. The topological polar surface area (TPSA) is 85.8 Å². The van der Waals surface area contributed by atoms with E-state index in [1.807, 2.05) is 31.2 Å². The lowest BCUT2D eigenvalue weighted by Gasteiger charge is -2.06. The number of aryl methyl sites for hydroxylation is 1. The number of pyridine rings is 1. The van der Waals surface area contributed by atoms with Crippen molar-refractivity contribution in [3.63, 3.8) is 0 Å². The fraction of sp³-hybridized carbons (Fsp3) is 0.235. The summed E-state index contributed by atoms with van der Waals surface area (Å²) in [6.45, 7) is 3.20. The van der Waals surface area contributed by atoms with Crippen LogP contribution >= 0.6 is 23.4 Å². The molecule has 2 aromatic heterocycles. The highest BCUT2D eigenvalue weighted by Gasteiger charge is 2.12. The zero-order valence-corrected chi connectivity index (χ0v) is 15.3. The molecule has 130 valence electrons. The number of nitrogens with zero attached hydrogens (tertiary/aromatic N) is 3. The second-order valence-corrected chi connectivity index (χ2v) is 6.94. The number of thioether (sulfide) groups is 1. The van der Waals surface area contributed by atoms with E-state index in [4.69, 9.17) is 17.3 Å². The first-order chi connectivity index (χ1) is 12.1. The third kappa shape index (κ3) is 4.05. The fourth-order valence-corrected chi connectivity index (χ4v) is 3.33. The van der Waals surface area contributed by atoms with Gasteiger partial charge in [-0.3, -0.25) is 9.36 Å². The van der Waals surface area contributed by atoms with Crippen LogP contribution in [0.3, 0.4) is 0 Å². The third-order valence-corrected chi connectivity index (χ3v) is 4.93. The summed E-state index contributed by atoms with van der Waals surface area (Å²) in [6, 6.07) is 9.34. The number of carbonyl (C=O) groups is 1. The molecule has 1 aromatic carbocycles. The monoisotopic (exact) mass is 375 g/mol. The molecule has 0 atom stereocenters. The van der Waals surface area contributed by atoms with E-state index in [0.717, 1.165) is 10.6 Å². The molecule has 3 N–H and O–H groups in total. The standard InChI is InChI=1S/C17H18ClN5OS/c1-2-23-15-14(22-17(23)19)9-11(10-21-15)16(24)20-7-8-25-13-5-3-12(18)4-6-13/h3-6,9-10H,2,7-8H2,1H3,(H2,19,22)(H,20,24). The maximum absolute atomic E-state index is 12.3. The SMILES string of the molecule is CCn1c(N)nc2cc(C(=O)NCCSc3ccc(Cl)cc3)cnc21. The summed E-state index contributed by atoms with van der Waals surface area (Å²) in [6.07, 6.45) is 1.55. The van der Waals surface area contributed by atoms with E-state index in [0.29, 0.717) is 40.8 Å². The number of imidazole rings is 1. The molecule has 0 radical (unpaired) electrons. The zero-order valence-electron chi connectivity index (χ0n) is 13.7. The van der Waals surface area contributed by atoms with Gasteiger partial charge in [0.15, 0.2) is 5.65 Å². The molecule has 8 heteroatoms. The van der Waals surface area contributed by atoms with E-state index in [1.165, 1.54) is 0 Å². The summed E-state index contributed by atoms with van der Waals surface area (Å²) >= 11 is 7.51. The van der Waals surface area contributed by atoms with E-state index >= 15 is 0 Å². The molecule has 0 aliphatic carbocycles. The van der Waals surface area contributed by atoms with Gasteiger partial charge in [0.1, 0.15) is 5.52 Å². The molecule has 0 unspecified atom stereocenters. The Labute approximate surface area is 154 Å². The van der Waals surface area contributed by atoms with Crippen molar-refractivity contribution in [3.05, 3.63) is 47.1 Å². The Bertz CT molecular complexity index is 894. The van der Waals surface area contributed by atoms with E-state index in [-0.39, 0.29) is 5.91 Å². The number of amides is 1. The number of hydrogen-bond donors (Lipinski definition) is 2. The minimum atomic E-state index is -0.171. The average Bonchev–Trinajstić information content (AvgIpc) is 2.94. The number of nitrogen functional groups attached to an aromatic ring is 1. The van der Waals surface area contributed by atoms with Crippen LogP contribution in [0.15, 0.2) is 41.4 Å². The molecule has 3 aromatic rings. The highest BCUT2D eigenvalue weighted by atomic mass is 35.5. The molecule has 0 saturated heterocycles. The number of nitrogens with two attached hydrogens (primary N) is 1. The van der Waals surface area contributed by atoms with Gasteiger partial charge in [-0.15, -0.1) is 11.8 Å². The number of carbonyl (C=O) groups excluding carboxylic acids is 1. The van der Waals surface area contributed by atoms with Crippen molar-refractivity contribution in [2.24, 2.45) is 0 Å². The molecular weight excluding hydrogens is 358 g/mol. The lowest BCUT2D eigenvalue weighted by Crippen LogP contribution is -2.25. The van der Waals surface area contributed by atoms with Crippen LogP contribution in [-0.2, 0) is 6.54 Å². The summed E-state index contributed by atoms with van der Waals surface area (Å²) < 4.78 is 1.81. The van der Waals surface area contributed by atoms with Crippen molar-refractivity contribution in [2.45, 2.75) is 18.4 Å². The third-order valence-electron chi connectivity index (χ3n) is 3.66. The number of nitrogens with one attached hydrogen (secondary N) is 1. The minimum Gasteiger partial charge on any atom is -0.369 e. The summed E-state index contributed by atoms with van der Waals surface area (Å²) in [7, 11) is 0. The molecule has 6 nitrogen and oxygen atoms in total. The van der Waals surface area contributed by atoms with Gasteiger partial charge >= 0.3 is 0 Å². The van der Waals surface area contributed by atoms with E-state index < -0.39 is 0 Å². The Morgan fingerprint density at radius 1 is 1.36 bits per heavy atom. The molecule has 0 saturated carbocycles. The van der Waals surface area contributed by atoms with Crippen molar-refractivity contribution < 1.29 is 4.79 Å². The predicted octanol–water partition coefficient (Wildman–Crippen LogP) is 3.21. The van der Waals surface area contributed by atoms with Crippen LogP contribution in [-0.4, -0.2) is 32.7 Å². The van der Waals surface area contributed by atoms with E-state index in [9.17, 15) is 4.79 Å². The molecule has 0 fully saturated rings. The fourth-order valence-electron chi connectivity index (χ4n) is 2.43. The van der Waals surface area contributed by atoms with Crippen molar-refractivity contribution in [3.8, 4) is 0 Å². The van der Waals surface area contributed by atoms with Gasteiger partial charge in [-0.25, -0.2) is 9.97 Å². The molecule has 0 aliphatic heterocycles. The lowest BCUT2D eigenvalue weighted by atomic mass is 10.2. The Balaban J connectivity index is 1.57. The van der Waals surface area contributed by atoms with Gasteiger partial charge in [0.05, 0.1) is 5.56 Å². The van der Waals surface area contributed by atoms with E-state index in [2.05, 4.69) is 15.3 Å². The van der Waals surface area contributed by atoms with Crippen LogP contribution in [0.1, 0.15) is 17.3 Å². The van der Waals surface area contributed by atoms with Gasteiger partial charge in [0.25, 0.3) is 5.91 Å². The number of benzene rings is 1. The van der Waals surface area contributed by atoms with Crippen molar-refractivity contribution >= 4 is 46.4 Å². The van der Waals surface area contributed by atoms with Crippen LogP contribution in [0.4, 0.5) is 5.95 Å². The zero-order chi connectivity index (χ0) is 17.8. The molecule has 0 bridgehead atoms. The molecule has 0 spiro atoms.